The summed E-state index contributed by atoms with van der Waals surface area (Å²) < 4.78 is 0. The number of hydrogen-bond donors (Lipinski definition) is 2. The Bertz CT molecular complexity index is 342. The summed E-state index contributed by atoms with van der Waals surface area (Å²) in [4.78, 5) is 15.5. The minimum atomic E-state index is 0.105. The molecule has 3 nitrogen and oxygen atoms in total. The predicted molar refractivity (Wildman–Crippen MR) is 54.5 cm³/mol. The van der Waals surface area contributed by atoms with Gasteiger partial charge in [0.15, 0.2) is 0 Å². The van der Waals surface area contributed by atoms with E-state index in [2.05, 4.69) is 10.3 Å². The van der Waals surface area contributed by atoms with Crippen molar-refractivity contribution in [2.45, 2.75) is 25.2 Å². The predicted octanol–water partition coefficient (Wildman–Crippen LogP) is 1.08. The van der Waals surface area contributed by atoms with Crippen LogP contribution in [0.5, 0.6) is 0 Å². The van der Waals surface area contributed by atoms with Gasteiger partial charge < -0.3 is 10.3 Å². The molecule has 0 radical (unpaired) electrons. The first-order chi connectivity index (χ1) is 6.31. The zero-order valence-electron chi connectivity index (χ0n) is 7.72. The molecule has 72 valence electrons. The van der Waals surface area contributed by atoms with Crippen LogP contribution in [0.4, 0.5) is 0 Å². The van der Waals surface area contributed by atoms with Crippen LogP contribution in [-0.4, -0.2) is 18.6 Å². The quantitative estimate of drug-likeness (QED) is 0.747. The molecule has 1 unspecified atom stereocenters. The van der Waals surface area contributed by atoms with Crippen LogP contribution in [0.25, 0.3) is 0 Å². The summed E-state index contributed by atoms with van der Waals surface area (Å²) in [6.07, 6.45) is 3.46. The summed E-state index contributed by atoms with van der Waals surface area (Å²) in [6.45, 7) is 0.987. The van der Waals surface area contributed by atoms with Gasteiger partial charge in [-0.05, 0) is 26.3 Å². The van der Waals surface area contributed by atoms with Gasteiger partial charge in [-0.3, -0.25) is 4.79 Å². The molecule has 1 aliphatic rings. The summed E-state index contributed by atoms with van der Waals surface area (Å²) >= 11 is 1.39. The van der Waals surface area contributed by atoms with Crippen molar-refractivity contribution in [3.05, 3.63) is 20.2 Å². The smallest absolute Gasteiger partial charge is 0.304 e. The molecule has 0 saturated carbocycles. The van der Waals surface area contributed by atoms with Crippen LogP contribution >= 0.6 is 11.3 Å². The monoisotopic (exact) mass is 198 g/mol. The summed E-state index contributed by atoms with van der Waals surface area (Å²) in [5, 5.41) is 3.18. The number of aryl methyl sites for hydroxylation is 1. The molecule has 0 fully saturated rings. The number of nitrogens with one attached hydrogen (secondary N) is 2. The van der Waals surface area contributed by atoms with E-state index in [1.807, 2.05) is 7.05 Å². The number of fused-ring (bicyclic) bond motifs is 1. The molecular weight excluding hydrogens is 184 g/mol. The lowest BCUT2D eigenvalue weighted by Gasteiger charge is -2.20. The second-order valence-corrected chi connectivity index (χ2v) is 4.52. The maximum Gasteiger partial charge on any atom is 0.304 e. The van der Waals surface area contributed by atoms with Crippen LogP contribution in [0, 0.1) is 0 Å². The SMILES string of the molecule is CNCC1CCCc2[nH]c(=O)sc21. The van der Waals surface area contributed by atoms with Crippen molar-refractivity contribution in [1.29, 1.82) is 0 Å². The van der Waals surface area contributed by atoms with E-state index in [1.165, 1.54) is 34.7 Å². The van der Waals surface area contributed by atoms with E-state index in [0.29, 0.717) is 5.92 Å². The first kappa shape index (κ1) is 8.97. The van der Waals surface area contributed by atoms with Gasteiger partial charge in [0.2, 0.25) is 0 Å². The molecule has 1 heterocycles. The van der Waals surface area contributed by atoms with Crippen molar-refractivity contribution in [3.8, 4) is 0 Å². The fourth-order valence-corrected chi connectivity index (χ4v) is 3.00. The van der Waals surface area contributed by atoms with Crippen LogP contribution < -0.4 is 10.2 Å². The Morgan fingerprint density at radius 2 is 2.54 bits per heavy atom. The summed E-state index contributed by atoms with van der Waals surface area (Å²) in [7, 11) is 1.96. The number of thiazole rings is 1. The Morgan fingerprint density at radius 3 is 3.31 bits per heavy atom. The second-order valence-electron chi connectivity index (χ2n) is 3.50. The fraction of sp³-hybridized carbons (Fsp3) is 0.667. The molecule has 1 atom stereocenters. The number of hydrogen-bond acceptors (Lipinski definition) is 3. The van der Waals surface area contributed by atoms with E-state index < -0.39 is 0 Å². The Balaban J connectivity index is 2.30. The van der Waals surface area contributed by atoms with Crippen LogP contribution in [0.1, 0.15) is 29.3 Å². The van der Waals surface area contributed by atoms with E-state index in [-0.39, 0.29) is 4.87 Å². The van der Waals surface area contributed by atoms with Gasteiger partial charge >= 0.3 is 4.87 Å². The lowest BCUT2D eigenvalue weighted by atomic mass is 9.92. The number of aromatic amines is 1. The number of H-pyrrole nitrogens is 1. The van der Waals surface area contributed by atoms with Gasteiger partial charge in [0.05, 0.1) is 0 Å². The standard InChI is InChI=1S/C9H14N2OS/c1-10-5-6-3-2-4-7-8(6)13-9(12)11-7/h6,10H,2-5H2,1H3,(H,11,12). The Hall–Kier alpha value is -0.610. The van der Waals surface area contributed by atoms with Crippen molar-refractivity contribution in [1.82, 2.24) is 10.3 Å². The molecule has 0 bridgehead atoms. The molecule has 0 saturated heterocycles. The molecule has 0 aromatic carbocycles. The Labute approximate surface area is 81.2 Å². The summed E-state index contributed by atoms with van der Waals surface area (Å²) in [5.74, 6) is 0.553. The van der Waals surface area contributed by atoms with Gasteiger partial charge in [0.1, 0.15) is 0 Å². The van der Waals surface area contributed by atoms with Crippen LogP contribution in [0.3, 0.4) is 0 Å². The fourth-order valence-electron chi connectivity index (χ4n) is 1.98. The number of rotatable bonds is 2. The second kappa shape index (κ2) is 3.64. The van der Waals surface area contributed by atoms with Crippen molar-refractivity contribution in [3.63, 3.8) is 0 Å². The van der Waals surface area contributed by atoms with Crippen LogP contribution in [0.15, 0.2) is 4.79 Å². The number of aromatic nitrogens is 1. The lowest BCUT2D eigenvalue weighted by molar-refractivity contribution is 0.532. The maximum absolute atomic E-state index is 11.1. The first-order valence-corrected chi connectivity index (χ1v) is 5.49. The molecule has 1 aromatic heterocycles. The van der Waals surface area contributed by atoms with E-state index in [4.69, 9.17) is 0 Å². The highest BCUT2D eigenvalue weighted by Crippen LogP contribution is 2.31. The molecule has 2 rings (SSSR count). The molecule has 1 aromatic rings. The third-order valence-electron chi connectivity index (χ3n) is 2.55. The molecular formula is C9H14N2OS. The molecule has 0 aliphatic heterocycles. The summed E-state index contributed by atoms with van der Waals surface area (Å²) in [6, 6.07) is 0. The van der Waals surface area contributed by atoms with Crippen molar-refractivity contribution >= 4 is 11.3 Å². The molecule has 13 heavy (non-hydrogen) atoms. The average Bonchev–Trinajstić information content (AvgIpc) is 2.47. The molecule has 1 aliphatic carbocycles. The highest BCUT2D eigenvalue weighted by atomic mass is 32.1. The molecule has 0 amide bonds. The lowest BCUT2D eigenvalue weighted by Crippen LogP contribution is -2.20. The van der Waals surface area contributed by atoms with Gasteiger partial charge in [-0.1, -0.05) is 11.3 Å². The minimum Gasteiger partial charge on any atom is -0.319 e. The van der Waals surface area contributed by atoms with Crippen molar-refractivity contribution < 1.29 is 0 Å². The van der Waals surface area contributed by atoms with Gasteiger partial charge in [-0.15, -0.1) is 0 Å². The van der Waals surface area contributed by atoms with Gasteiger partial charge in [-0.2, -0.15) is 0 Å². The van der Waals surface area contributed by atoms with E-state index in [0.717, 1.165) is 13.0 Å². The molecule has 0 spiro atoms. The Morgan fingerprint density at radius 1 is 1.69 bits per heavy atom. The van der Waals surface area contributed by atoms with Gasteiger partial charge in [-0.25, -0.2) is 0 Å². The zero-order chi connectivity index (χ0) is 9.26. The third kappa shape index (κ3) is 1.69. The first-order valence-electron chi connectivity index (χ1n) is 4.67. The average molecular weight is 198 g/mol. The summed E-state index contributed by atoms with van der Waals surface area (Å²) in [5.41, 5.74) is 1.18. The van der Waals surface area contributed by atoms with Gasteiger partial charge in [0, 0.05) is 23.0 Å². The largest absolute Gasteiger partial charge is 0.319 e. The minimum absolute atomic E-state index is 0.105. The van der Waals surface area contributed by atoms with E-state index >= 15 is 0 Å². The van der Waals surface area contributed by atoms with Crippen LogP contribution in [-0.2, 0) is 6.42 Å². The van der Waals surface area contributed by atoms with E-state index in [9.17, 15) is 4.79 Å². The van der Waals surface area contributed by atoms with Crippen molar-refractivity contribution in [2.75, 3.05) is 13.6 Å². The van der Waals surface area contributed by atoms with Gasteiger partial charge in [0.25, 0.3) is 0 Å². The third-order valence-corrected chi connectivity index (χ3v) is 3.64. The molecule has 2 N–H and O–H groups in total. The Kier molecular flexibility index (Phi) is 2.51. The zero-order valence-corrected chi connectivity index (χ0v) is 8.54. The maximum atomic E-state index is 11.1. The molecule has 4 heteroatoms. The highest BCUT2D eigenvalue weighted by Gasteiger charge is 2.22. The number of likely N-dealkylation sites (N-methyl/N-ethyl adjacent to an activating group) is 1. The topological polar surface area (TPSA) is 44.9 Å². The van der Waals surface area contributed by atoms with Crippen LogP contribution in [0.2, 0.25) is 0 Å². The normalized spacial score (nSPS) is 21.5. The highest BCUT2D eigenvalue weighted by molar-refractivity contribution is 7.09. The van der Waals surface area contributed by atoms with E-state index in [1.54, 1.807) is 0 Å². The van der Waals surface area contributed by atoms with Crippen molar-refractivity contribution in [2.24, 2.45) is 0 Å².